The summed E-state index contributed by atoms with van der Waals surface area (Å²) in [5.41, 5.74) is 4.76. The quantitative estimate of drug-likeness (QED) is 0.284. The monoisotopic (exact) mass is 462 g/mol. The third kappa shape index (κ3) is 3.79. The van der Waals surface area contributed by atoms with Gasteiger partial charge in [0.2, 0.25) is 0 Å². The molecule has 2 aromatic heterocycles. The molecule has 31 heavy (non-hydrogen) atoms. The number of thiophene rings is 1. The fourth-order valence-corrected chi connectivity index (χ4v) is 5.04. The highest BCUT2D eigenvalue weighted by atomic mass is 35.5. The molecule has 5 rings (SSSR count). The van der Waals surface area contributed by atoms with Crippen molar-refractivity contribution < 1.29 is 0 Å². The molecule has 3 nitrogen and oxygen atoms in total. The summed E-state index contributed by atoms with van der Waals surface area (Å²) < 4.78 is 1.56. The molecule has 0 saturated heterocycles. The highest BCUT2D eigenvalue weighted by Gasteiger charge is 2.15. The van der Waals surface area contributed by atoms with E-state index in [1.807, 2.05) is 35.7 Å². The van der Waals surface area contributed by atoms with Crippen LogP contribution in [0.3, 0.4) is 0 Å². The van der Waals surface area contributed by atoms with Gasteiger partial charge in [-0.25, -0.2) is 4.98 Å². The summed E-state index contributed by atoms with van der Waals surface area (Å²) in [6.07, 6.45) is 1.56. The second-order valence-electron chi connectivity index (χ2n) is 7.15. The number of fused-ring (bicyclic) bond motifs is 1. The molecule has 2 heterocycles. The van der Waals surface area contributed by atoms with Crippen molar-refractivity contribution in [2.45, 2.75) is 6.54 Å². The smallest absolute Gasteiger partial charge is 0.263 e. The van der Waals surface area contributed by atoms with E-state index in [2.05, 4.69) is 29.2 Å². The van der Waals surface area contributed by atoms with E-state index in [-0.39, 0.29) is 12.1 Å². The minimum Gasteiger partial charge on any atom is -0.294 e. The first kappa shape index (κ1) is 20.0. The van der Waals surface area contributed by atoms with Crippen LogP contribution >= 0.6 is 34.5 Å². The van der Waals surface area contributed by atoms with Crippen molar-refractivity contribution in [2.24, 2.45) is 0 Å². The van der Waals surface area contributed by atoms with Crippen LogP contribution in [0.4, 0.5) is 0 Å². The predicted octanol–water partition coefficient (Wildman–Crippen LogP) is 7.15. The van der Waals surface area contributed by atoms with Gasteiger partial charge in [-0.05, 0) is 28.8 Å². The second-order valence-corrected chi connectivity index (χ2v) is 8.82. The SMILES string of the molecule is O=c1c2c(-c3ccc(-c4ccccc4)cc3)csc2ncn1Cc1c(Cl)cccc1Cl. The third-order valence-electron chi connectivity index (χ3n) is 5.25. The van der Waals surface area contributed by atoms with E-state index in [4.69, 9.17) is 23.2 Å². The van der Waals surface area contributed by atoms with Crippen LogP contribution in [0, 0.1) is 0 Å². The van der Waals surface area contributed by atoms with Crippen molar-refractivity contribution in [1.29, 1.82) is 0 Å². The Morgan fingerprint density at radius 1 is 0.806 bits per heavy atom. The van der Waals surface area contributed by atoms with E-state index >= 15 is 0 Å². The molecule has 0 radical (unpaired) electrons. The first-order valence-corrected chi connectivity index (χ1v) is 11.3. The normalized spacial score (nSPS) is 11.2. The first-order chi connectivity index (χ1) is 15.1. The van der Waals surface area contributed by atoms with Gasteiger partial charge in [-0.15, -0.1) is 11.3 Å². The number of rotatable bonds is 4. The number of benzene rings is 3. The Labute approximate surface area is 193 Å². The van der Waals surface area contributed by atoms with Gasteiger partial charge in [0.25, 0.3) is 5.56 Å². The summed E-state index contributed by atoms with van der Waals surface area (Å²) in [6.45, 7) is 0.266. The Bertz CT molecular complexity index is 1420. The fraction of sp³-hybridized carbons (Fsp3) is 0.0400. The maximum atomic E-state index is 13.3. The van der Waals surface area contributed by atoms with Crippen LogP contribution in [0.1, 0.15) is 5.56 Å². The standard InChI is InChI=1S/C25H16Cl2N2OS/c26-21-7-4-8-22(27)19(21)13-29-15-28-24-23(25(29)30)20(14-31-24)18-11-9-17(10-12-18)16-5-2-1-3-6-16/h1-12,14-15H,13H2. The first-order valence-electron chi connectivity index (χ1n) is 9.67. The van der Waals surface area contributed by atoms with E-state index in [1.165, 1.54) is 11.3 Å². The number of aromatic nitrogens is 2. The van der Waals surface area contributed by atoms with E-state index in [1.54, 1.807) is 29.1 Å². The molecule has 5 aromatic rings. The lowest BCUT2D eigenvalue weighted by Gasteiger charge is -2.10. The van der Waals surface area contributed by atoms with Crippen LogP contribution < -0.4 is 5.56 Å². The zero-order chi connectivity index (χ0) is 21.4. The van der Waals surface area contributed by atoms with Crippen molar-refractivity contribution in [3.8, 4) is 22.3 Å². The van der Waals surface area contributed by atoms with Crippen molar-refractivity contribution in [2.75, 3.05) is 0 Å². The van der Waals surface area contributed by atoms with Crippen molar-refractivity contribution >= 4 is 44.8 Å². The summed E-state index contributed by atoms with van der Waals surface area (Å²) in [5.74, 6) is 0. The lowest BCUT2D eigenvalue weighted by atomic mass is 10.0. The van der Waals surface area contributed by atoms with E-state index < -0.39 is 0 Å². The van der Waals surface area contributed by atoms with Crippen molar-refractivity contribution in [1.82, 2.24) is 9.55 Å². The van der Waals surface area contributed by atoms with Crippen LogP contribution in [0.5, 0.6) is 0 Å². The molecule has 0 amide bonds. The van der Waals surface area contributed by atoms with E-state index in [0.717, 1.165) is 22.3 Å². The molecule has 0 aliphatic heterocycles. The summed E-state index contributed by atoms with van der Waals surface area (Å²) in [5, 5.41) is 3.66. The topological polar surface area (TPSA) is 34.9 Å². The van der Waals surface area contributed by atoms with Gasteiger partial charge < -0.3 is 0 Å². The van der Waals surface area contributed by atoms with Gasteiger partial charge in [0.05, 0.1) is 18.3 Å². The average molecular weight is 463 g/mol. The highest BCUT2D eigenvalue weighted by Crippen LogP contribution is 2.32. The second kappa shape index (κ2) is 8.31. The molecule has 0 unspecified atom stereocenters. The predicted molar refractivity (Wildman–Crippen MR) is 130 cm³/mol. The van der Waals surface area contributed by atoms with Crippen LogP contribution in [-0.2, 0) is 6.54 Å². The van der Waals surface area contributed by atoms with Gasteiger partial charge in [-0.3, -0.25) is 9.36 Å². The van der Waals surface area contributed by atoms with Crippen LogP contribution in [0.25, 0.3) is 32.5 Å². The van der Waals surface area contributed by atoms with Crippen LogP contribution in [0.2, 0.25) is 10.0 Å². The number of hydrogen-bond donors (Lipinski definition) is 0. The minimum atomic E-state index is -0.107. The molecule has 0 aliphatic carbocycles. The molecule has 6 heteroatoms. The van der Waals surface area contributed by atoms with Crippen LogP contribution in [-0.4, -0.2) is 9.55 Å². The largest absolute Gasteiger partial charge is 0.294 e. The number of nitrogens with zero attached hydrogens (tertiary/aromatic N) is 2. The maximum Gasteiger partial charge on any atom is 0.263 e. The van der Waals surface area contributed by atoms with Crippen molar-refractivity contribution in [3.05, 3.63) is 110 Å². The number of hydrogen-bond acceptors (Lipinski definition) is 3. The molecule has 0 aliphatic rings. The molecule has 152 valence electrons. The summed E-state index contributed by atoms with van der Waals surface area (Å²) >= 11 is 14.1. The molecule has 0 N–H and O–H groups in total. The van der Waals surface area contributed by atoms with E-state index in [9.17, 15) is 4.79 Å². The Kier molecular flexibility index (Phi) is 5.36. The highest BCUT2D eigenvalue weighted by molar-refractivity contribution is 7.17. The molecular weight excluding hydrogens is 447 g/mol. The lowest BCUT2D eigenvalue weighted by Crippen LogP contribution is -2.21. The molecule has 0 atom stereocenters. The molecule has 0 saturated carbocycles. The van der Waals surface area contributed by atoms with Crippen molar-refractivity contribution in [3.63, 3.8) is 0 Å². The Morgan fingerprint density at radius 3 is 2.16 bits per heavy atom. The zero-order valence-electron chi connectivity index (χ0n) is 16.3. The lowest BCUT2D eigenvalue weighted by molar-refractivity contribution is 0.750. The van der Waals surface area contributed by atoms with Gasteiger partial charge in [0.1, 0.15) is 4.83 Å². The molecule has 0 fully saturated rings. The van der Waals surface area contributed by atoms with E-state index in [0.29, 0.717) is 25.8 Å². The molecule has 0 spiro atoms. The Hall–Kier alpha value is -2.92. The summed E-state index contributed by atoms with van der Waals surface area (Å²) in [7, 11) is 0. The van der Waals surface area contributed by atoms with Gasteiger partial charge in [-0.2, -0.15) is 0 Å². The Balaban J connectivity index is 1.56. The Morgan fingerprint density at radius 2 is 1.45 bits per heavy atom. The van der Waals surface area contributed by atoms with Gasteiger partial charge in [-0.1, -0.05) is 83.9 Å². The molecular formula is C25H16Cl2N2OS. The van der Waals surface area contributed by atoms with Gasteiger partial charge >= 0.3 is 0 Å². The number of halogens is 2. The third-order valence-corrected chi connectivity index (χ3v) is 6.85. The summed E-state index contributed by atoms with van der Waals surface area (Å²) in [6, 6.07) is 23.8. The summed E-state index contributed by atoms with van der Waals surface area (Å²) in [4.78, 5) is 18.6. The zero-order valence-corrected chi connectivity index (χ0v) is 18.6. The average Bonchev–Trinajstić information content (AvgIpc) is 3.23. The van der Waals surface area contributed by atoms with Gasteiger partial charge in [0.15, 0.2) is 0 Å². The van der Waals surface area contributed by atoms with Gasteiger partial charge in [0, 0.05) is 26.6 Å². The molecule has 3 aromatic carbocycles. The molecule has 0 bridgehead atoms. The fourth-order valence-electron chi connectivity index (χ4n) is 3.62. The maximum absolute atomic E-state index is 13.3. The minimum absolute atomic E-state index is 0.107. The van der Waals surface area contributed by atoms with Crippen LogP contribution in [0.15, 0.2) is 89.3 Å².